The molecule has 0 aromatic heterocycles. The van der Waals surface area contributed by atoms with Crippen molar-refractivity contribution in [2.45, 2.75) is 31.3 Å². The standard InChI is InChI=1S/C23H19ClN4O5/c1-11-15(24)9-8-14-19(11)25-22(31)23(14)18-17(16-3-2-10-26(16)23)20(29)27(21(18)30)12-4-6-13(7-5-12)28(32)33/h4-9,16-18H,2-3,10H2,1H3,(H,25,31)/t16-,17+,18-,23-/m0/s1. The second-order valence-corrected chi connectivity index (χ2v) is 9.41. The number of imide groups is 1. The molecule has 4 aliphatic rings. The van der Waals surface area contributed by atoms with Gasteiger partial charge in [-0.15, -0.1) is 0 Å². The minimum atomic E-state index is -1.28. The summed E-state index contributed by atoms with van der Waals surface area (Å²) in [6.45, 7) is 2.43. The highest BCUT2D eigenvalue weighted by molar-refractivity contribution is 6.32. The van der Waals surface area contributed by atoms with E-state index in [9.17, 15) is 24.5 Å². The SMILES string of the molecule is Cc1c(Cl)ccc2c1NC(=O)[C@@]21[C@@H]2C(=O)N(c3ccc([N+](=O)[O-])cc3)C(=O)[C@@H]2[C@@H]2CCCN21. The number of nitrogens with one attached hydrogen (secondary N) is 1. The first kappa shape index (κ1) is 20.3. The van der Waals surface area contributed by atoms with E-state index in [4.69, 9.17) is 11.6 Å². The molecule has 2 aromatic rings. The number of rotatable bonds is 2. The van der Waals surface area contributed by atoms with Crippen LogP contribution in [0, 0.1) is 28.9 Å². The Hall–Kier alpha value is -3.30. The van der Waals surface area contributed by atoms with Crippen molar-refractivity contribution >= 4 is 46.4 Å². The molecule has 10 heteroatoms. The van der Waals surface area contributed by atoms with E-state index in [1.54, 1.807) is 12.1 Å². The number of hydrogen-bond donors (Lipinski definition) is 1. The van der Waals surface area contributed by atoms with Gasteiger partial charge in [0.1, 0.15) is 5.54 Å². The van der Waals surface area contributed by atoms with Gasteiger partial charge in [0.2, 0.25) is 17.7 Å². The molecule has 168 valence electrons. The Morgan fingerprint density at radius 1 is 1.12 bits per heavy atom. The minimum Gasteiger partial charge on any atom is -0.324 e. The molecule has 1 spiro atoms. The highest BCUT2D eigenvalue weighted by Gasteiger charge is 2.74. The van der Waals surface area contributed by atoms with Crippen LogP contribution >= 0.6 is 11.6 Å². The van der Waals surface area contributed by atoms with Crippen LogP contribution in [0.2, 0.25) is 5.02 Å². The van der Waals surface area contributed by atoms with Crippen LogP contribution < -0.4 is 10.2 Å². The van der Waals surface area contributed by atoms with Crippen molar-refractivity contribution in [2.75, 3.05) is 16.8 Å². The number of non-ortho nitro benzene ring substituents is 1. The van der Waals surface area contributed by atoms with Crippen LogP contribution in [0.15, 0.2) is 36.4 Å². The molecule has 0 unspecified atom stereocenters. The van der Waals surface area contributed by atoms with Gasteiger partial charge < -0.3 is 5.32 Å². The molecule has 0 bridgehead atoms. The van der Waals surface area contributed by atoms with E-state index in [1.807, 2.05) is 11.8 Å². The Bertz CT molecular complexity index is 1280. The zero-order valence-corrected chi connectivity index (χ0v) is 18.3. The zero-order chi connectivity index (χ0) is 23.2. The number of halogens is 1. The number of hydrogen-bond acceptors (Lipinski definition) is 6. The van der Waals surface area contributed by atoms with Crippen LogP contribution in [0.5, 0.6) is 0 Å². The number of nitrogens with zero attached hydrogens (tertiary/aromatic N) is 3. The van der Waals surface area contributed by atoms with E-state index in [1.165, 1.54) is 24.3 Å². The summed E-state index contributed by atoms with van der Waals surface area (Å²) in [4.78, 5) is 54.8. The average Bonchev–Trinajstić information content (AvgIpc) is 3.50. The van der Waals surface area contributed by atoms with Gasteiger partial charge in [0.15, 0.2) is 0 Å². The number of anilines is 2. The maximum absolute atomic E-state index is 13.9. The number of carbonyl (C=O) groups excluding carboxylic acids is 3. The van der Waals surface area contributed by atoms with E-state index < -0.39 is 28.2 Å². The monoisotopic (exact) mass is 466 g/mol. The number of carbonyl (C=O) groups is 3. The fourth-order valence-electron chi connectivity index (χ4n) is 6.37. The van der Waals surface area contributed by atoms with Crippen molar-refractivity contribution in [3.63, 3.8) is 0 Å². The van der Waals surface area contributed by atoms with Crippen LogP contribution in [0.4, 0.5) is 17.1 Å². The topological polar surface area (TPSA) is 113 Å². The molecule has 1 N–H and O–H groups in total. The van der Waals surface area contributed by atoms with Crippen LogP contribution in [-0.2, 0) is 19.9 Å². The first-order chi connectivity index (χ1) is 15.8. The number of benzene rings is 2. The maximum atomic E-state index is 13.9. The van der Waals surface area contributed by atoms with Gasteiger partial charge in [0, 0.05) is 28.8 Å². The molecule has 3 fully saturated rings. The normalized spacial score (nSPS) is 30.1. The maximum Gasteiger partial charge on any atom is 0.269 e. The molecule has 3 saturated heterocycles. The third-order valence-electron chi connectivity index (χ3n) is 7.68. The first-order valence-corrected chi connectivity index (χ1v) is 11.2. The summed E-state index contributed by atoms with van der Waals surface area (Å²) in [5.74, 6) is -2.67. The molecule has 0 saturated carbocycles. The Morgan fingerprint density at radius 3 is 2.55 bits per heavy atom. The van der Waals surface area contributed by atoms with Crippen molar-refractivity contribution < 1.29 is 19.3 Å². The molecular formula is C23H19ClN4O5. The lowest BCUT2D eigenvalue weighted by Crippen LogP contribution is -2.54. The number of fused-ring (bicyclic) bond motifs is 7. The van der Waals surface area contributed by atoms with Crippen molar-refractivity contribution in [1.29, 1.82) is 0 Å². The first-order valence-electron chi connectivity index (χ1n) is 10.8. The Labute approximate surface area is 193 Å². The predicted molar refractivity (Wildman–Crippen MR) is 119 cm³/mol. The van der Waals surface area contributed by atoms with Crippen molar-refractivity contribution in [2.24, 2.45) is 11.8 Å². The molecule has 4 heterocycles. The van der Waals surface area contributed by atoms with E-state index in [2.05, 4.69) is 5.32 Å². The summed E-state index contributed by atoms with van der Waals surface area (Å²) < 4.78 is 0. The largest absolute Gasteiger partial charge is 0.324 e. The molecule has 0 radical (unpaired) electrons. The van der Waals surface area contributed by atoms with Gasteiger partial charge in [0.25, 0.3) is 5.69 Å². The third kappa shape index (κ3) is 2.33. The van der Waals surface area contributed by atoms with Crippen molar-refractivity contribution in [1.82, 2.24) is 4.90 Å². The second kappa shape index (κ2) is 6.61. The molecule has 3 amide bonds. The van der Waals surface area contributed by atoms with Crippen molar-refractivity contribution in [3.8, 4) is 0 Å². The van der Waals surface area contributed by atoms with Gasteiger partial charge in [-0.2, -0.15) is 0 Å². The summed E-state index contributed by atoms with van der Waals surface area (Å²) in [6, 6.07) is 8.62. The van der Waals surface area contributed by atoms with E-state index in [0.29, 0.717) is 29.2 Å². The molecule has 9 nitrogen and oxygen atoms in total. The van der Waals surface area contributed by atoms with Crippen molar-refractivity contribution in [3.05, 3.63) is 62.7 Å². The van der Waals surface area contributed by atoms with Gasteiger partial charge in [-0.05, 0) is 50.1 Å². The minimum absolute atomic E-state index is 0.132. The zero-order valence-electron chi connectivity index (χ0n) is 17.6. The lowest BCUT2D eigenvalue weighted by molar-refractivity contribution is -0.384. The summed E-state index contributed by atoms with van der Waals surface area (Å²) in [5.41, 5.74) is 0.873. The third-order valence-corrected chi connectivity index (χ3v) is 8.09. The molecule has 0 aliphatic carbocycles. The van der Waals surface area contributed by atoms with Gasteiger partial charge in [-0.1, -0.05) is 17.7 Å². The molecule has 33 heavy (non-hydrogen) atoms. The Morgan fingerprint density at radius 2 is 1.85 bits per heavy atom. The fourth-order valence-corrected chi connectivity index (χ4v) is 6.53. The lowest BCUT2D eigenvalue weighted by atomic mass is 9.75. The van der Waals surface area contributed by atoms with E-state index >= 15 is 0 Å². The molecule has 4 aliphatic heterocycles. The van der Waals surface area contributed by atoms with Crippen LogP contribution in [0.1, 0.15) is 24.0 Å². The van der Waals surface area contributed by atoms with Crippen LogP contribution in [0.25, 0.3) is 0 Å². The second-order valence-electron chi connectivity index (χ2n) is 9.01. The quantitative estimate of drug-likeness (QED) is 0.413. The Balaban J connectivity index is 1.52. The lowest BCUT2D eigenvalue weighted by Gasteiger charge is -2.36. The number of amides is 3. The van der Waals surface area contributed by atoms with E-state index in [0.717, 1.165) is 16.9 Å². The predicted octanol–water partition coefficient (Wildman–Crippen LogP) is 2.99. The molecule has 2 aromatic carbocycles. The summed E-state index contributed by atoms with van der Waals surface area (Å²) >= 11 is 6.31. The molecule has 4 atom stereocenters. The van der Waals surface area contributed by atoms with Gasteiger partial charge in [0.05, 0.1) is 28.1 Å². The van der Waals surface area contributed by atoms with Gasteiger partial charge in [-0.3, -0.25) is 29.4 Å². The number of nitro groups is 1. The summed E-state index contributed by atoms with van der Waals surface area (Å²) in [6.07, 6.45) is 1.54. The average molecular weight is 467 g/mol. The fraction of sp³-hybridized carbons (Fsp3) is 0.348. The van der Waals surface area contributed by atoms with Gasteiger partial charge >= 0.3 is 0 Å². The highest BCUT2D eigenvalue weighted by atomic mass is 35.5. The van der Waals surface area contributed by atoms with Crippen LogP contribution in [-0.4, -0.2) is 40.1 Å². The smallest absolute Gasteiger partial charge is 0.269 e. The summed E-state index contributed by atoms with van der Waals surface area (Å²) in [5, 5.41) is 14.5. The Kier molecular flexibility index (Phi) is 4.07. The molecular weight excluding hydrogens is 448 g/mol. The summed E-state index contributed by atoms with van der Waals surface area (Å²) in [7, 11) is 0. The van der Waals surface area contributed by atoms with E-state index in [-0.39, 0.29) is 29.2 Å². The van der Waals surface area contributed by atoms with Gasteiger partial charge in [-0.25, -0.2) is 4.90 Å². The highest BCUT2D eigenvalue weighted by Crippen LogP contribution is 2.61. The van der Waals surface area contributed by atoms with Crippen LogP contribution in [0.3, 0.4) is 0 Å². The number of nitro benzene ring substituents is 1. The molecule has 6 rings (SSSR count).